The predicted octanol–water partition coefficient (Wildman–Crippen LogP) is 2.36. The van der Waals surface area contributed by atoms with Crippen molar-refractivity contribution in [3.63, 3.8) is 0 Å². The molecule has 4 nitrogen and oxygen atoms in total. The van der Waals surface area contributed by atoms with E-state index in [1.54, 1.807) is 7.11 Å². The smallest absolute Gasteiger partial charge is 0.105 e. The maximum atomic E-state index is 5.08. The van der Waals surface area contributed by atoms with Crippen LogP contribution in [0.2, 0.25) is 0 Å². The number of aryl methyl sites for hydroxylation is 1. The molecule has 1 rings (SSSR count). The van der Waals surface area contributed by atoms with Crippen molar-refractivity contribution in [1.82, 2.24) is 14.9 Å². The normalized spacial score (nSPS) is 11.4. The molecule has 4 heteroatoms. The SMILES string of the molecule is COCCCCn1c(CNCC(C)C)cnc1C. The first-order chi connectivity index (χ1) is 8.65. The molecule has 1 heterocycles. The third kappa shape index (κ3) is 5.19. The van der Waals surface area contributed by atoms with Gasteiger partial charge in [0.05, 0.1) is 5.69 Å². The second kappa shape index (κ2) is 8.27. The summed E-state index contributed by atoms with van der Waals surface area (Å²) in [6.45, 7) is 10.3. The van der Waals surface area contributed by atoms with Crippen molar-refractivity contribution in [2.75, 3.05) is 20.3 Å². The molecule has 0 aliphatic rings. The van der Waals surface area contributed by atoms with Gasteiger partial charge in [0, 0.05) is 33.0 Å². The van der Waals surface area contributed by atoms with E-state index in [0.717, 1.165) is 44.9 Å². The number of imidazole rings is 1. The summed E-state index contributed by atoms with van der Waals surface area (Å²) < 4.78 is 7.38. The zero-order valence-corrected chi connectivity index (χ0v) is 12.2. The zero-order valence-electron chi connectivity index (χ0n) is 12.2. The van der Waals surface area contributed by atoms with E-state index in [9.17, 15) is 0 Å². The third-order valence-electron chi connectivity index (χ3n) is 2.98. The molecule has 0 aliphatic carbocycles. The number of methoxy groups -OCH3 is 1. The summed E-state index contributed by atoms with van der Waals surface area (Å²) in [7, 11) is 1.75. The number of hydrogen-bond acceptors (Lipinski definition) is 3. The van der Waals surface area contributed by atoms with Gasteiger partial charge >= 0.3 is 0 Å². The minimum atomic E-state index is 0.684. The van der Waals surface area contributed by atoms with Crippen LogP contribution < -0.4 is 5.32 Å². The number of rotatable bonds is 9. The van der Waals surface area contributed by atoms with E-state index in [0.29, 0.717) is 5.92 Å². The number of unbranched alkanes of at least 4 members (excludes halogenated alkanes) is 1. The van der Waals surface area contributed by atoms with E-state index in [1.165, 1.54) is 5.69 Å². The Morgan fingerprint density at radius 3 is 2.83 bits per heavy atom. The van der Waals surface area contributed by atoms with Crippen LogP contribution in [-0.2, 0) is 17.8 Å². The topological polar surface area (TPSA) is 39.1 Å². The first-order valence-electron chi connectivity index (χ1n) is 6.85. The first-order valence-corrected chi connectivity index (χ1v) is 6.85. The molecule has 0 amide bonds. The molecule has 18 heavy (non-hydrogen) atoms. The Hall–Kier alpha value is -0.870. The minimum absolute atomic E-state index is 0.684. The summed E-state index contributed by atoms with van der Waals surface area (Å²) in [6.07, 6.45) is 4.23. The third-order valence-corrected chi connectivity index (χ3v) is 2.98. The molecule has 1 N–H and O–H groups in total. The van der Waals surface area contributed by atoms with Crippen LogP contribution in [-0.4, -0.2) is 29.8 Å². The molecule has 1 aromatic heterocycles. The Labute approximate surface area is 111 Å². The molecule has 0 saturated carbocycles. The number of nitrogens with zero attached hydrogens (tertiary/aromatic N) is 2. The van der Waals surface area contributed by atoms with E-state index in [1.807, 2.05) is 6.20 Å². The Kier molecular flexibility index (Phi) is 6.98. The highest BCUT2D eigenvalue weighted by atomic mass is 16.5. The summed E-state index contributed by atoms with van der Waals surface area (Å²) in [5, 5.41) is 3.47. The van der Waals surface area contributed by atoms with E-state index in [2.05, 4.69) is 35.6 Å². The summed E-state index contributed by atoms with van der Waals surface area (Å²) in [5.74, 6) is 1.79. The van der Waals surface area contributed by atoms with Gasteiger partial charge in [-0.15, -0.1) is 0 Å². The summed E-state index contributed by atoms with van der Waals surface area (Å²) in [5.41, 5.74) is 1.28. The van der Waals surface area contributed by atoms with Gasteiger partial charge < -0.3 is 14.6 Å². The minimum Gasteiger partial charge on any atom is -0.385 e. The van der Waals surface area contributed by atoms with Crippen LogP contribution in [0.25, 0.3) is 0 Å². The molecule has 104 valence electrons. The largest absolute Gasteiger partial charge is 0.385 e. The maximum Gasteiger partial charge on any atom is 0.105 e. The second-order valence-corrected chi connectivity index (χ2v) is 5.17. The van der Waals surface area contributed by atoms with E-state index >= 15 is 0 Å². The van der Waals surface area contributed by atoms with Crippen LogP contribution in [0.3, 0.4) is 0 Å². The molecule has 0 aromatic carbocycles. The standard InChI is InChI=1S/C14H27N3O/c1-12(2)9-15-10-14-11-16-13(3)17(14)7-5-6-8-18-4/h11-12,15H,5-10H2,1-4H3. The fraction of sp³-hybridized carbons (Fsp3) is 0.786. The zero-order chi connectivity index (χ0) is 13.4. The van der Waals surface area contributed by atoms with Crippen molar-refractivity contribution in [2.24, 2.45) is 5.92 Å². The van der Waals surface area contributed by atoms with E-state index in [-0.39, 0.29) is 0 Å². The summed E-state index contributed by atoms with van der Waals surface area (Å²) in [4.78, 5) is 4.40. The highest BCUT2D eigenvalue weighted by Crippen LogP contribution is 2.07. The van der Waals surface area contributed by atoms with Gasteiger partial charge in [-0.1, -0.05) is 13.8 Å². The quantitative estimate of drug-likeness (QED) is 0.687. The first kappa shape index (κ1) is 15.2. The fourth-order valence-corrected chi connectivity index (χ4v) is 1.97. The van der Waals surface area contributed by atoms with Gasteiger partial charge in [0.15, 0.2) is 0 Å². The molecular formula is C14H27N3O. The van der Waals surface area contributed by atoms with E-state index in [4.69, 9.17) is 4.74 Å². The lowest BCUT2D eigenvalue weighted by molar-refractivity contribution is 0.191. The van der Waals surface area contributed by atoms with Gasteiger partial charge in [-0.25, -0.2) is 4.98 Å². The van der Waals surface area contributed by atoms with Crippen LogP contribution in [0.5, 0.6) is 0 Å². The van der Waals surface area contributed by atoms with Gasteiger partial charge in [-0.05, 0) is 32.2 Å². The molecule has 0 bridgehead atoms. The highest BCUT2D eigenvalue weighted by Gasteiger charge is 2.06. The Morgan fingerprint density at radius 1 is 1.39 bits per heavy atom. The van der Waals surface area contributed by atoms with Gasteiger partial charge in [0.25, 0.3) is 0 Å². The van der Waals surface area contributed by atoms with Gasteiger partial charge in [-0.3, -0.25) is 0 Å². The number of hydrogen-bond donors (Lipinski definition) is 1. The lowest BCUT2D eigenvalue weighted by Gasteiger charge is -2.12. The van der Waals surface area contributed by atoms with Gasteiger partial charge in [0.2, 0.25) is 0 Å². The van der Waals surface area contributed by atoms with Crippen LogP contribution >= 0.6 is 0 Å². The maximum absolute atomic E-state index is 5.08. The van der Waals surface area contributed by atoms with Crippen LogP contribution in [0.15, 0.2) is 6.20 Å². The van der Waals surface area contributed by atoms with Gasteiger partial charge in [-0.2, -0.15) is 0 Å². The average Bonchev–Trinajstić information content (AvgIpc) is 2.66. The second-order valence-electron chi connectivity index (χ2n) is 5.17. The highest BCUT2D eigenvalue weighted by molar-refractivity contribution is 5.04. The number of nitrogens with one attached hydrogen (secondary N) is 1. The van der Waals surface area contributed by atoms with Crippen molar-refractivity contribution < 1.29 is 4.74 Å². The monoisotopic (exact) mass is 253 g/mol. The van der Waals surface area contributed by atoms with Crippen molar-refractivity contribution in [1.29, 1.82) is 0 Å². The summed E-state index contributed by atoms with van der Waals surface area (Å²) >= 11 is 0. The van der Waals surface area contributed by atoms with Crippen molar-refractivity contribution >= 4 is 0 Å². The van der Waals surface area contributed by atoms with E-state index < -0.39 is 0 Å². The van der Waals surface area contributed by atoms with Gasteiger partial charge in [0.1, 0.15) is 5.82 Å². The Bertz CT molecular complexity index is 334. The lowest BCUT2D eigenvalue weighted by Crippen LogP contribution is -2.21. The molecule has 0 unspecified atom stereocenters. The number of ether oxygens (including phenoxy) is 1. The molecule has 0 radical (unpaired) electrons. The van der Waals surface area contributed by atoms with Crippen LogP contribution in [0.4, 0.5) is 0 Å². The lowest BCUT2D eigenvalue weighted by atomic mass is 10.2. The van der Waals surface area contributed by atoms with Crippen molar-refractivity contribution in [3.05, 3.63) is 17.7 Å². The average molecular weight is 253 g/mol. The molecule has 0 saturated heterocycles. The molecular weight excluding hydrogens is 226 g/mol. The molecule has 0 spiro atoms. The molecule has 1 aromatic rings. The van der Waals surface area contributed by atoms with Crippen LogP contribution in [0, 0.1) is 12.8 Å². The number of aromatic nitrogens is 2. The van der Waals surface area contributed by atoms with Crippen LogP contribution in [0.1, 0.15) is 38.2 Å². The Balaban J connectivity index is 2.42. The van der Waals surface area contributed by atoms with Crippen molar-refractivity contribution in [2.45, 2.75) is 46.7 Å². The molecule has 0 aliphatic heterocycles. The molecule has 0 atom stereocenters. The molecule has 0 fully saturated rings. The Morgan fingerprint density at radius 2 is 2.17 bits per heavy atom. The summed E-state index contributed by atoms with van der Waals surface area (Å²) in [6, 6.07) is 0. The fourth-order valence-electron chi connectivity index (χ4n) is 1.97. The van der Waals surface area contributed by atoms with Crippen molar-refractivity contribution in [3.8, 4) is 0 Å². The predicted molar refractivity (Wildman–Crippen MR) is 74.6 cm³/mol.